The maximum Gasteiger partial charge on any atom is 0.191 e. The number of benzene rings is 1. The molecule has 0 atom stereocenters. The van der Waals surface area contributed by atoms with Gasteiger partial charge in [-0.2, -0.15) is 11.8 Å². The van der Waals surface area contributed by atoms with Crippen LogP contribution in [0.25, 0.3) is 0 Å². The number of hydrogen-bond donors (Lipinski definition) is 2. The lowest BCUT2D eigenvalue weighted by molar-refractivity contribution is 0.626. The minimum absolute atomic E-state index is 0.205. The van der Waals surface area contributed by atoms with Gasteiger partial charge in [-0.15, -0.1) is 10.2 Å². The lowest BCUT2D eigenvalue weighted by Crippen LogP contribution is -2.40. The second-order valence-corrected chi connectivity index (χ2v) is 6.73. The third-order valence-corrected chi connectivity index (χ3v) is 4.43. The number of rotatable bonds is 10. The van der Waals surface area contributed by atoms with Crippen molar-refractivity contribution >= 4 is 17.7 Å². The maximum absolute atomic E-state index is 13.0. The summed E-state index contributed by atoms with van der Waals surface area (Å²) in [5.41, 5.74) is 1.10. The highest BCUT2D eigenvalue weighted by Gasteiger charge is 2.03. The van der Waals surface area contributed by atoms with Crippen LogP contribution in [0.4, 0.5) is 4.39 Å². The number of nitrogens with zero attached hydrogens (tertiary/aromatic N) is 4. The molecule has 1 aromatic carbocycles. The fraction of sp³-hybridized carbons (Fsp3) is 0.500. The summed E-state index contributed by atoms with van der Waals surface area (Å²) in [6, 6.07) is 6.61. The molecule has 0 fully saturated rings. The summed E-state index contributed by atoms with van der Waals surface area (Å²) in [6.07, 6.45) is 5.51. The Kier molecular flexibility index (Phi) is 8.95. The van der Waals surface area contributed by atoms with Gasteiger partial charge in [-0.25, -0.2) is 4.39 Å². The molecule has 0 saturated heterocycles. The molecule has 2 N–H and O–H groups in total. The third kappa shape index (κ3) is 7.03. The third-order valence-electron chi connectivity index (χ3n) is 3.84. The second kappa shape index (κ2) is 11.5. The summed E-state index contributed by atoms with van der Waals surface area (Å²) >= 11 is 1.77. The number of hydrogen-bond acceptors (Lipinski definition) is 4. The molecule has 0 aliphatic rings. The average molecular weight is 379 g/mol. The lowest BCUT2D eigenvalue weighted by atomic mass is 10.1. The number of thioether (sulfide) groups is 1. The normalized spacial score (nSPS) is 11.6. The van der Waals surface area contributed by atoms with E-state index < -0.39 is 0 Å². The smallest absolute Gasteiger partial charge is 0.191 e. The van der Waals surface area contributed by atoms with Crippen LogP contribution in [-0.4, -0.2) is 52.4 Å². The molecule has 6 nitrogen and oxygen atoms in total. The van der Waals surface area contributed by atoms with Crippen LogP contribution in [-0.2, 0) is 19.4 Å². The van der Waals surface area contributed by atoms with Gasteiger partial charge in [0.1, 0.15) is 18.0 Å². The van der Waals surface area contributed by atoms with E-state index in [1.54, 1.807) is 18.1 Å². The highest BCUT2D eigenvalue weighted by Crippen LogP contribution is 2.02. The van der Waals surface area contributed by atoms with Gasteiger partial charge in [-0.1, -0.05) is 19.1 Å². The molecule has 8 heteroatoms. The molecule has 0 aliphatic carbocycles. The highest BCUT2D eigenvalue weighted by molar-refractivity contribution is 7.98. The summed E-state index contributed by atoms with van der Waals surface area (Å²) in [7, 11) is 0. The molecule has 0 saturated carbocycles. The van der Waals surface area contributed by atoms with Gasteiger partial charge in [-0.05, 0) is 30.4 Å². The van der Waals surface area contributed by atoms with E-state index in [2.05, 4.69) is 39.0 Å². The molecule has 26 heavy (non-hydrogen) atoms. The van der Waals surface area contributed by atoms with Crippen molar-refractivity contribution < 1.29 is 4.39 Å². The van der Waals surface area contributed by atoms with Crippen molar-refractivity contribution in [1.82, 2.24) is 25.4 Å². The molecule has 1 heterocycles. The van der Waals surface area contributed by atoms with Gasteiger partial charge in [0.2, 0.25) is 0 Å². The minimum Gasteiger partial charge on any atom is -0.356 e. The molecule has 0 bridgehead atoms. The van der Waals surface area contributed by atoms with E-state index in [9.17, 15) is 4.39 Å². The summed E-state index contributed by atoms with van der Waals surface area (Å²) in [5.74, 6) is 2.56. The minimum atomic E-state index is -0.205. The monoisotopic (exact) mass is 378 g/mol. The van der Waals surface area contributed by atoms with Crippen molar-refractivity contribution in [3.05, 3.63) is 47.8 Å². The van der Waals surface area contributed by atoms with Crippen LogP contribution in [0.5, 0.6) is 0 Å². The Morgan fingerprint density at radius 3 is 2.73 bits per heavy atom. The first-order chi connectivity index (χ1) is 12.7. The van der Waals surface area contributed by atoms with E-state index in [0.29, 0.717) is 0 Å². The predicted octanol–water partition coefficient (Wildman–Crippen LogP) is 2.12. The number of aryl methyl sites for hydroxylation is 1. The van der Waals surface area contributed by atoms with Crippen LogP contribution in [0.2, 0.25) is 0 Å². The van der Waals surface area contributed by atoms with Crippen molar-refractivity contribution in [1.29, 1.82) is 0 Å². The van der Waals surface area contributed by atoms with Crippen molar-refractivity contribution in [3.8, 4) is 0 Å². The Labute approximate surface area is 158 Å². The predicted molar refractivity (Wildman–Crippen MR) is 106 cm³/mol. The van der Waals surface area contributed by atoms with Crippen LogP contribution < -0.4 is 10.6 Å². The van der Waals surface area contributed by atoms with Gasteiger partial charge in [0, 0.05) is 31.8 Å². The van der Waals surface area contributed by atoms with Gasteiger partial charge in [0.25, 0.3) is 0 Å². The zero-order valence-electron chi connectivity index (χ0n) is 15.4. The first kappa shape index (κ1) is 20.2. The molecule has 0 aliphatic heterocycles. The van der Waals surface area contributed by atoms with Crippen LogP contribution in [0.3, 0.4) is 0 Å². The van der Waals surface area contributed by atoms with E-state index in [1.165, 1.54) is 12.1 Å². The topological polar surface area (TPSA) is 67.1 Å². The van der Waals surface area contributed by atoms with Gasteiger partial charge >= 0.3 is 0 Å². The fourth-order valence-electron chi connectivity index (χ4n) is 2.43. The Balaban J connectivity index is 1.80. The number of nitrogens with one attached hydrogen (secondary N) is 2. The van der Waals surface area contributed by atoms with E-state index >= 15 is 0 Å². The van der Waals surface area contributed by atoms with Crippen LogP contribution in [0, 0.1) is 5.82 Å². The first-order valence-corrected chi connectivity index (χ1v) is 10.2. The number of halogens is 1. The Morgan fingerprint density at radius 1 is 1.23 bits per heavy atom. The van der Waals surface area contributed by atoms with Gasteiger partial charge in [0.05, 0.1) is 6.54 Å². The average Bonchev–Trinajstić information content (AvgIpc) is 3.10. The summed E-state index contributed by atoms with van der Waals surface area (Å²) < 4.78 is 15.0. The SMILES string of the molecule is CCc1nncn1CCNC(=NCCSC)NCCc1ccc(F)cc1. The molecular weight excluding hydrogens is 351 g/mol. The largest absolute Gasteiger partial charge is 0.356 e. The maximum atomic E-state index is 13.0. The fourth-order valence-corrected chi connectivity index (χ4v) is 2.71. The van der Waals surface area contributed by atoms with Crippen molar-refractivity contribution in [2.24, 2.45) is 4.99 Å². The van der Waals surface area contributed by atoms with Crippen LogP contribution in [0.15, 0.2) is 35.6 Å². The molecule has 0 unspecified atom stereocenters. The zero-order valence-corrected chi connectivity index (χ0v) is 16.2. The van der Waals surface area contributed by atoms with Crippen molar-refractivity contribution in [2.45, 2.75) is 26.3 Å². The van der Waals surface area contributed by atoms with E-state index in [-0.39, 0.29) is 5.82 Å². The summed E-state index contributed by atoms with van der Waals surface area (Å²) in [4.78, 5) is 4.59. The van der Waals surface area contributed by atoms with Gasteiger partial charge < -0.3 is 15.2 Å². The molecule has 2 aromatic rings. The zero-order chi connectivity index (χ0) is 18.6. The highest BCUT2D eigenvalue weighted by atomic mass is 32.2. The van der Waals surface area contributed by atoms with E-state index in [4.69, 9.17) is 0 Å². The Morgan fingerprint density at radius 2 is 2.00 bits per heavy atom. The lowest BCUT2D eigenvalue weighted by Gasteiger charge is -2.13. The number of guanidine groups is 1. The molecule has 1 aromatic heterocycles. The van der Waals surface area contributed by atoms with Gasteiger partial charge in [0.15, 0.2) is 5.96 Å². The quantitative estimate of drug-likeness (QED) is 0.377. The summed E-state index contributed by atoms with van der Waals surface area (Å²) in [6.45, 7) is 5.10. The molecule has 0 radical (unpaired) electrons. The molecule has 2 rings (SSSR count). The van der Waals surface area contributed by atoms with Crippen LogP contribution in [0.1, 0.15) is 18.3 Å². The van der Waals surface area contributed by atoms with Crippen molar-refractivity contribution in [3.63, 3.8) is 0 Å². The Hall–Kier alpha value is -2.09. The van der Waals surface area contributed by atoms with E-state index in [1.807, 2.05) is 16.7 Å². The van der Waals surface area contributed by atoms with Crippen LogP contribution >= 0.6 is 11.8 Å². The molecule has 142 valence electrons. The second-order valence-electron chi connectivity index (χ2n) is 5.75. The molecular formula is C18H27FN6S. The standard InChI is InChI=1S/C18H27FN6S/c1-3-17-24-23-14-25(17)12-10-21-18(22-11-13-26-2)20-9-8-15-4-6-16(19)7-5-15/h4-7,14H,3,8-13H2,1-2H3,(H2,20,21,22). The Bertz CT molecular complexity index is 671. The summed E-state index contributed by atoms with van der Waals surface area (Å²) in [5, 5.41) is 14.7. The number of aliphatic imine (C=N–C) groups is 1. The van der Waals surface area contributed by atoms with Crippen molar-refractivity contribution in [2.75, 3.05) is 31.6 Å². The first-order valence-electron chi connectivity index (χ1n) is 8.85. The number of aromatic nitrogens is 3. The molecule has 0 amide bonds. The van der Waals surface area contributed by atoms with E-state index in [0.717, 1.165) is 62.1 Å². The molecule has 0 spiro atoms. The van der Waals surface area contributed by atoms with Gasteiger partial charge in [-0.3, -0.25) is 4.99 Å².